The van der Waals surface area contributed by atoms with Crippen molar-refractivity contribution in [1.82, 2.24) is 9.80 Å². The lowest BCUT2D eigenvalue weighted by molar-refractivity contribution is 0.0305. The Morgan fingerprint density at radius 3 is 2.93 bits per heavy atom. The molecule has 2 saturated heterocycles. The normalized spacial score (nSPS) is 42.0. The second kappa shape index (κ2) is 3.80. The maximum atomic E-state index is 6.04. The number of nitrogens with zero attached hydrogens (tertiary/aromatic N) is 2. The fourth-order valence-electron chi connectivity index (χ4n) is 3.27. The van der Waals surface area contributed by atoms with E-state index < -0.39 is 0 Å². The highest BCUT2D eigenvalue weighted by Crippen LogP contribution is 2.38. The number of piperidine rings is 1. The summed E-state index contributed by atoms with van der Waals surface area (Å²) in [6.07, 6.45) is 2.61. The predicted molar refractivity (Wildman–Crippen MR) is 59.3 cm³/mol. The van der Waals surface area contributed by atoms with Gasteiger partial charge in [0.1, 0.15) is 0 Å². The summed E-state index contributed by atoms with van der Waals surface area (Å²) in [6.45, 7) is 8.01. The molecule has 0 saturated carbocycles. The molecule has 3 heteroatoms. The van der Waals surface area contributed by atoms with Crippen LogP contribution in [0.25, 0.3) is 0 Å². The van der Waals surface area contributed by atoms with Crippen LogP contribution in [0.15, 0.2) is 0 Å². The third kappa shape index (κ3) is 1.38. The highest BCUT2D eigenvalue weighted by molar-refractivity contribution is 5.04. The van der Waals surface area contributed by atoms with E-state index in [0.717, 1.165) is 19.0 Å². The van der Waals surface area contributed by atoms with E-state index in [2.05, 4.69) is 23.8 Å². The molecule has 2 N–H and O–H groups in total. The molecule has 2 heterocycles. The molecular formula is C11H23N3. The zero-order valence-corrected chi connectivity index (χ0v) is 9.50. The Labute approximate surface area is 87.2 Å². The van der Waals surface area contributed by atoms with Crippen LogP contribution in [-0.4, -0.2) is 55.1 Å². The Morgan fingerprint density at radius 1 is 1.50 bits per heavy atom. The van der Waals surface area contributed by atoms with E-state index in [1.807, 2.05) is 0 Å². The standard InChI is InChI=1S/C11H23N3/c1-3-13(2)11(9-12)5-7-14-6-4-10(11)8-14/h10H,3-9,12H2,1-2H3. The highest BCUT2D eigenvalue weighted by atomic mass is 15.3. The smallest absolute Gasteiger partial charge is 0.0381 e. The number of hydrogen-bond donors (Lipinski definition) is 1. The molecule has 0 radical (unpaired) electrons. The van der Waals surface area contributed by atoms with E-state index in [9.17, 15) is 0 Å². The summed E-state index contributed by atoms with van der Waals surface area (Å²) in [5.74, 6) is 0.811. The van der Waals surface area contributed by atoms with Gasteiger partial charge in [-0.1, -0.05) is 6.92 Å². The number of fused-ring (bicyclic) bond motifs is 2. The van der Waals surface area contributed by atoms with Gasteiger partial charge >= 0.3 is 0 Å². The fraction of sp³-hybridized carbons (Fsp3) is 1.00. The van der Waals surface area contributed by atoms with Crippen LogP contribution < -0.4 is 5.73 Å². The predicted octanol–water partition coefficient (Wildman–Crippen LogP) is 0.361. The first-order valence-electron chi connectivity index (χ1n) is 5.86. The molecule has 2 aliphatic heterocycles. The number of hydrogen-bond acceptors (Lipinski definition) is 3. The Balaban J connectivity index is 2.17. The Bertz CT molecular complexity index is 207. The highest BCUT2D eigenvalue weighted by Gasteiger charge is 2.47. The number of likely N-dealkylation sites (N-methyl/N-ethyl adjacent to an activating group) is 1. The molecule has 0 aromatic rings. The minimum Gasteiger partial charge on any atom is -0.329 e. The molecule has 2 bridgehead atoms. The van der Waals surface area contributed by atoms with Gasteiger partial charge in [-0.15, -0.1) is 0 Å². The van der Waals surface area contributed by atoms with Crippen molar-refractivity contribution in [3.8, 4) is 0 Å². The maximum Gasteiger partial charge on any atom is 0.0381 e. The summed E-state index contributed by atoms with van der Waals surface area (Å²) in [7, 11) is 2.24. The SMILES string of the molecule is CCN(C)C1(CN)CCN2CCC1C2. The first-order valence-corrected chi connectivity index (χ1v) is 5.86. The molecule has 14 heavy (non-hydrogen) atoms. The van der Waals surface area contributed by atoms with Crippen molar-refractivity contribution in [2.45, 2.75) is 25.3 Å². The van der Waals surface area contributed by atoms with Crippen LogP contribution in [0.2, 0.25) is 0 Å². The molecule has 0 spiro atoms. The van der Waals surface area contributed by atoms with Crippen LogP contribution in [0.4, 0.5) is 0 Å². The average Bonchev–Trinajstić information content (AvgIpc) is 2.63. The Morgan fingerprint density at radius 2 is 2.29 bits per heavy atom. The van der Waals surface area contributed by atoms with Gasteiger partial charge < -0.3 is 10.6 Å². The van der Waals surface area contributed by atoms with E-state index in [4.69, 9.17) is 5.73 Å². The summed E-state index contributed by atoms with van der Waals surface area (Å²) >= 11 is 0. The molecular weight excluding hydrogens is 174 g/mol. The van der Waals surface area contributed by atoms with Crippen molar-refractivity contribution in [3.63, 3.8) is 0 Å². The Hall–Kier alpha value is -0.120. The summed E-state index contributed by atoms with van der Waals surface area (Å²) in [6, 6.07) is 0. The van der Waals surface area contributed by atoms with Gasteiger partial charge in [0.15, 0.2) is 0 Å². The van der Waals surface area contributed by atoms with Gasteiger partial charge in [-0.05, 0) is 45.4 Å². The van der Waals surface area contributed by atoms with Crippen LogP contribution in [0.5, 0.6) is 0 Å². The minimum absolute atomic E-state index is 0.307. The van der Waals surface area contributed by atoms with Crippen molar-refractivity contribution in [1.29, 1.82) is 0 Å². The average molecular weight is 197 g/mol. The maximum absolute atomic E-state index is 6.04. The molecule has 2 fully saturated rings. The molecule has 0 aromatic heterocycles. The molecule has 82 valence electrons. The monoisotopic (exact) mass is 197 g/mol. The van der Waals surface area contributed by atoms with Crippen molar-refractivity contribution >= 4 is 0 Å². The lowest BCUT2D eigenvalue weighted by Gasteiger charge is -2.48. The molecule has 0 amide bonds. The molecule has 3 unspecified atom stereocenters. The van der Waals surface area contributed by atoms with Crippen molar-refractivity contribution in [2.24, 2.45) is 11.7 Å². The van der Waals surface area contributed by atoms with Gasteiger partial charge in [0.05, 0.1) is 0 Å². The van der Waals surface area contributed by atoms with Gasteiger partial charge in [0.25, 0.3) is 0 Å². The van der Waals surface area contributed by atoms with Crippen LogP contribution in [0.1, 0.15) is 19.8 Å². The lowest BCUT2D eigenvalue weighted by Crippen LogP contribution is -2.60. The van der Waals surface area contributed by atoms with Gasteiger partial charge in [-0.3, -0.25) is 4.90 Å². The fourth-order valence-corrected chi connectivity index (χ4v) is 3.27. The van der Waals surface area contributed by atoms with E-state index in [1.54, 1.807) is 0 Å². The molecule has 0 aromatic carbocycles. The second-order valence-corrected chi connectivity index (χ2v) is 4.86. The van der Waals surface area contributed by atoms with Crippen molar-refractivity contribution in [3.05, 3.63) is 0 Å². The van der Waals surface area contributed by atoms with Gasteiger partial charge in [-0.2, -0.15) is 0 Å². The summed E-state index contributed by atoms with van der Waals surface area (Å²) in [5.41, 5.74) is 6.35. The van der Waals surface area contributed by atoms with E-state index >= 15 is 0 Å². The van der Waals surface area contributed by atoms with E-state index in [1.165, 1.54) is 32.5 Å². The molecule has 3 nitrogen and oxygen atoms in total. The molecule has 3 atom stereocenters. The van der Waals surface area contributed by atoms with Crippen molar-refractivity contribution < 1.29 is 0 Å². The van der Waals surface area contributed by atoms with Crippen LogP contribution in [0.3, 0.4) is 0 Å². The topological polar surface area (TPSA) is 32.5 Å². The van der Waals surface area contributed by atoms with E-state index in [-0.39, 0.29) is 0 Å². The van der Waals surface area contributed by atoms with Gasteiger partial charge in [-0.25, -0.2) is 0 Å². The number of nitrogens with two attached hydrogens (primary N) is 1. The quantitative estimate of drug-likeness (QED) is 0.709. The zero-order valence-electron chi connectivity index (χ0n) is 9.50. The minimum atomic E-state index is 0.307. The van der Waals surface area contributed by atoms with Crippen molar-refractivity contribution in [2.75, 3.05) is 39.8 Å². The second-order valence-electron chi connectivity index (χ2n) is 4.86. The van der Waals surface area contributed by atoms with Crippen LogP contribution in [0, 0.1) is 5.92 Å². The lowest BCUT2D eigenvalue weighted by atomic mass is 9.77. The first kappa shape index (κ1) is 10.4. The zero-order chi connectivity index (χ0) is 10.2. The van der Waals surface area contributed by atoms with Crippen LogP contribution >= 0.6 is 0 Å². The third-order valence-electron chi connectivity index (χ3n) is 4.48. The third-order valence-corrected chi connectivity index (χ3v) is 4.48. The largest absolute Gasteiger partial charge is 0.329 e. The molecule has 2 aliphatic rings. The molecule has 0 aliphatic carbocycles. The summed E-state index contributed by atoms with van der Waals surface area (Å²) in [4.78, 5) is 5.07. The Kier molecular flexibility index (Phi) is 2.82. The van der Waals surface area contributed by atoms with E-state index in [0.29, 0.717) is 5.54 Å². The van der Waals surface area contributed by atoms with Gasteiger partial charge in [0, 0.05) is 18.6 Å². The van der Waals surface area contributed by atoms with Gasteiger partial charge in [0.2, 0.25) is 0 Å². The number of rotatable bonds is 3. The first-order chi connectivity index (χ1) is 6.73. The summed E-state index contributed by atoms with van der Waals surface area (Å²) < 4.78 is 0. The summed E-state index contributed by atoms with van der Waals surface area (Å²) in [5, 5.41) is 0. The molecule has 2 rings (SSSR count). The van der Waals surface area contributed by atoms with Crippen LogP contribution in [-0.2, 0) is 0 Å².